The van der Waals surface area contributed by atoms with Crippen molar-refractivity contribution < 1.29 is 23.4 Å². The predicted molar refractivity (Wildman–Crippen MR) is 79.1 cm³/mol. The van der Waals surface area contributed by atoms with Crippen molar-refractivity contribution in [3.8, 4) is 11.8 Å². The molecule has 2 unspecified atom stereocenters. The average Bonchev–Trinajstić information content (AvgIpc) is 2.55. The molecule has 0 amide bonds. The number of rotatable bonds is 5. The van der Waals surface area contributed by atoms with Gasteiger partial charge in [0.25, 0.3) is 0 Å². The van der Waals surface area contributed by atoms with Crippen LogP contribution in [-0.2, 0) is 9.53 Å². The second-order valence-electron chi connectivity index (χ2n) is 4.94. The van der Waals surface area contributed by atoms with Gasteiger partial charge < -0.3 is 14.2 Å². The van der Waals surface area contributed by atoms with Crippen LogP contribution in [-0.4, -0.2) is 48.2 Å². The van der Waals surface area contributed by atoms with Crippen LogP contribution in [0.1, 0.15) is 25.7 Å². The topological polar surface area (TPSA) is 70.5 Å². The molecule has 22 heavy (non-hydrogen) atoms. The van der Waals surface area contributed by atoms with Crippen LogP contribution in [0.25, 0.3) is 0 Å². The molecular weight excluding hydrogens is 311 g/mol. The van der Waals surface area contributed by atoms with Crippen LogP contribution in [0.4, 0.5) is 4.39 Å². The second-order valence-corrected chi connectivity index (χ2v) is 6.11. The van der Waals surface area contributed by atoms with Gasteiger partial charge in [-0.05, 0) is 19.3 Å². The van der Waals surface area contributed by atoms with E-state index in [9.17, 15) is 4.79 Å². The van der Waals surface area contributed by atoms with Crippen LogP contribution in [0.5, 0.6) is 11.8 Å². The Kier molecular flexibility index (Phi) is 5.44. The number of esters is 1. The molecule has 1 aliphatic carbocycles. The molecule has 0 radical (unpaired) electrons. The average molecular weight is 330 g/mol. The van der Waals surface area contributed by atoms with E-state index in [1.165, 1.54) is 27.4 Å². The molecule has 2 atom stereocenters. The normalized spacial score (nSPS) is 24.6. The van der Waals surface area contributed by atoms with E-state index in [4.69, 9.17) is 9.47 Å². The van der Waals surface area contributed by atoms with Gasteiger partial charge in [0.15, 0.2) is 5.16 Å². The van der Waals surface area contributed by atoms with Gasteiger partial charge in [-0.1, -0.05) is 18.2 Å². The van der Waals surface area contributed by atoms with Crippen molar-refractivity contribution in [3.63, 3.8) is 0 Å². The van der Waals surface area contributed by atoms with Gasteiger partial charge in [0, 0.05) is 0 Å². The van der Waals surface area contributed by atoms with Crippen LogP contribution < -0.4 is 9.47 Å². The number of aromatic nitrogens is 2. The Balaban J connectivity index is 2.25. The Morgan fingerprint density at radius 2 is 1.91 bits per heavy atom. The summed E-state index contributed by atoms with van der Waals surface area (Å²) in [5.41, 5.74) is -2.02. The summed E-state index contributed by atoms with van der Waals surface area (Å²) in [5, 5.41) is -0.278. The highest BCUT2D eigenvalue weighted by molar-refractivity contribution is 7.99. The Morgan fingerprint density at radius 3 is 2.45 bits per heavy atom. The van der Waals surface area contributed by atoms with Gasteiger partial charge in [0.05, 0.1) is 32.6 Å². The number of hydrogen-bond acceptors (Lipinski definition) is 7. The molecule has 1 aromatic heterocycles. The molecule has 6 nitrogen and oxygen atoms in total. The van der Waals surface area contributed by atoms with Crippen LogP contribution >= 0.6 is 11.8 Å². The fourth-order valence-corrected chi connectivity index (χ4v) is 3.66. The number of halogens is 1. The lowest BCUT2D eigenvalue weighted by molar-refractivity contribution is -0.156. The summed E-state index contributed by atoms with van der Waals surface area (Å²) in [7, 11) is 4.15. The fraction of sp³-hybridized carbons (Fsp3) is 0.643. The Hall–Kier alpha value is -1.57. The molecule has 0 saturated heterocycles. The molecule has 2 rings (SSSR count). The van der Waals surface area contributed by atoms with E-state index in [0.29, 0.717) is 29.8 Å². The van der Waals surface area contributed by atoms with E-state index in [1.54, 1.807) is 0 Å². The third-order valence-electron chi connectivity index (χ3n) is 3.62. The summed E-state index contributed by atoms with van der Waals surface area (Å²) in [5.74, 6) is -0.181. The highest BCUT2D eigenvalue weighted by atomic mass is 32.2. The van der Waals surface area contributed by atoms with Gasteiger partial charge in [-0.3, -0.25) is 0 Å². The zero-order valence-electron chi connectivity index (χ0n) is 12.8. The predicted octanol–water partition coefficient (Wildman–Crippen LogP) is 2.41. The summed E-state index contributed by atoms with van der Waals surface area (Å²) >= 11 is 1.12. The number of nitrogens with zero attached hydrogens (tertiary/aromatic N) is 2. The maximum atomic E-state index is 15.1. The van der Waals surface area contributed by atoms with E-state index in [2.05, 4.69) is 14.7 Å². The Labute approximate surface area is 132 Å². The minimum absolute atomic E-state index is 0.151. The third-order valence-corrected chi connectivity index (χ3v) is 4.90. The molecule has 0 N–H and O–H groups in total. The van der Waals surface area contributed by atoms with Gasteiger partial charge >= 0.3 is 5.97 Å². The first-order chi connectivity index (χ1) is 10.5. The number of hydrogen-bond donors (Lipinski definition) is 0. The standard InChI is InChI=1S/C14H19FN2O4S/c1-19-10-8-11(20-2)17-13(16-10)22-9-6-4-5-7-14(9,15)12(18)21-3/h8-9H,4-7H2,1-3H3. The quantitative estimate of drug-likeness (QED) is 0.606. The van der Waals surface area contributed by atoms with Gasteiger partial charge in [-0.2, -0.15) is 9.97 Å². The monoisotopic (exact) mass is 330 g/mol. The van der Waals surface area contributed by atoms with Crippen molar-refractivity contribution in [2.45, 2.75) is 41.8 Å². The minimum atomic E-state index is -2.02. The van der Waals surface area contributed by atoms with Gasteiger partial charge in [0.2, 0.25) is 17.4 Å². The first-order valence-electron chi connectivity index (χ1n) is 6.94. The van der Waals surface area contributed by atoms with E-state index in [-0.39, 0.29) is 6.42 Å². The molecule has 0 aromatic carbocycles. The largest absolute Gasteiger partial charge is 0.481 e. The smallest absolute Gasteiger partial charge is 0.344 e. The van der Waals surface area contributed by atoms with Gasteiger partial charge in [0.1, 0.15) is 0 Å². The van der Waals surface area contributed by atoms with E-state index >= 15 is 4.39 Å². The molecule has 1 aromatic rings. The molecule has 0 bridgehead atoms. The first-order valence-corrected chi connectivity index (χ1v) is 7.82. The molecule has 122 valence electrons. The Morgan fingerprint density at radius 1 is 1.27 bits per heavy atom. The van der Waals surface area contributed by atoms with Crippen molar-refractivity contribution in [2.24, 2.45) is 0 Å². The first kappa shape index (κ1) is 16.8. The van der Waals surface area contributed by atoms with Crippen LogP contribution in [0.2, 0.25) is 0 Å². The third kappa shape index (κ3) is 3.43. The lowest BCUT2D eigenvalue weighted by Gasteiger charge is -2.34. The van der Waals surface area contributed by atoms with E-state index in [1.807, 2.05) is 0 Å². The summed E-state index contributed by atoms with van der Waals surface area (Å²) < 4.78 is 29.9. The molecule has 0 spiro atoms. The van der Waals surface area contributed by atoms with Gasteiger partial charge in [-0.25, -0.2) is 9.18 Å². The molecule has 8 heteroatoms. The minimum Gasteiger partial charge on any atom is -0.481 e. The molecule has 1 aliphatic rings. The van der Waals surface area contributed by atoms with Crippen LogP contribution in [0, 0.1) is 0 Å². The zero-order valence-corrected chi connectivity index (χ0v) is 13.6. The summed E-state index contributed by atoms with van der Waals surface area (Å²) in [6.07, 6.45) is 2.21. The maximum absolute atomic E-state index is 15.1. The van der Waals surface area contributed by atoms with Crippen molar-refractivity contribution in [3.05, 3.63) is 6.07 Å². The van der Waals surface area contributed by atoms with Crippen LogP contribution in [0.3, 0.4) is 0 Å². The molecule has 1 saturated carbocycles. The zero-order chi connectivity index (χ0) is 16.2. The van der Waals surface area contributed by atoms with Crippen molar-refractivity contribution >= 4 is 17.7 Å². The number of ether oxygens (including phenoxy) is 3. The number of carbonyl (C=O) groups excluding carboxylic acids is 1. The highest BCUT2D eigenvalue weighted by Crippen LogP contribution is 2.43. The van der Waals surface area contributed by atoms with Crippen LogP contribution in [0.15, 0.2) is 11.2 Å². The Bertz CT molecular complexity index is 523. The van der Waals surface area contributed by atoms with Crippen molar-refractivity contribution in [2.75, 3.05) is 21.3 Å². The number of thioether (sulfide) groups is 1. The summed E-state index contributed by atoms with van der Waals surface area (Å²) in [6.45, 7) is 0. The molecule has 0 aliphatic heterocycles. The second kappa shape index (κ2) is 7.13. The SMILES string of the molecule is COC(=O)C1(F)CCCCC1Sc1nc(OC)cc(OC)n1. The van der Waals surface area contributed by atoms with E-state index in [0.717, 1.165) is 18.2 Å². The summed E-state index contributed by atoms with van der Waals surface area (Å²) in [4.78, 5) is 20.2. The van der Waals surface area contributed by atoms with Crippen molar-refractivity contribution in [1.82, 2.24) is 9.97 Å². The van der Waals surface area contributed by atoms with E-state index < -0.39 is 16.9 Å². The van der Waals surface area contributed by atoms with Crippen molar-refractivity contribution in [1.29, 1.82) is 0 Å². The number of methoxy groups -OCH3 is 3. The lowest BCUT2D eigenvalue weighted by Crippen LogP contribution is -2.46. The molecule has 1 heterocycles. The fourth-order valence-electron chi connectivity index (χ4n) is 2.43. The maximum Gasteiger partial charge on any atom is 0.344 e. The number of alkyl halides is 1. The highest BCUT2D eigenvalue weighted by Gasteiger charge is 2.49. The lowest BCUT2D eigenvalue weighted by atomic mass is 9.86. The molecule has 1 fully saturated rings. The van der Waals surface area contributed by atoms with Gasteiger partial charge in [-0.15, -0.1) is 0 Å². The number of carbonyl (C=O) groups is 1. The molecular formula is C14H19FN2O4S. The summed E-state index contributed by atoms with van der Waals surface area (Å²) in [6, 6.07) is 1.54.